The van der Waals surface area contributed by atoms with Gasteiger partial charge in [-0.2, -0.15) is 0 Å². The van der Waals surface area contributed by atoms with Crippen LogP contribution in [0.1, 0.15) is 71.6 Å². The zero-order valence-corrected chi connectivity index (χ0v) is 22.7. The molecule has 2 unspecified atom stereocenters. The van der Waals surface area contributed by atoms with Gasteiger partial charge in [0.1, 0.15) is 12.1 Å². The molecule has 196 valence electrons. The lowest BCUT2D eigenvalue weighted by Gasteiger charge is -2.49. The number of hydrogen-bond acceptors (Lipinski definition) is 3. The first kappa shape index (κ1) is 26.2. The molecule has 1 aliphatic carbocycles. The fraction of sp³-hybridized carbons (Fsp3) is 0.344. The highest BCUT2D eigenvalue weighted by molar-refractivity contribution is 6.30. The lowest BCUT2D eigenvalue weighted by molar-refractivity contribution is -0.150. The molecule has 38 heavy (non-hydrogen) atoms. The van der Waals surface area contributed by atoms with Crippen LogP contribution < -0.4 is 4.90 Å². The summed E-state index contributed by atoms with van der Waals surface area (Å²) in [6, 6.07) is 20.4. The highest BCUT2D eigenvalue weighted by Crippen LogP contribution is 2.39. The van der Waals surface area contributed by atoms with Crippen LogP contribution in [-0.2, 0) is 9.59 Å². The number of carbonyl (C=O) groups is 3. The average molecular weight is 529 g/mol. The first-order valence-corrected chi connectivity index (χ1v) is 13.8. The molecule has 0 spiro atoms. The highest BCUT2D eigenvalue weighted by atomic mass is 35.5. The number of ketones is 1. The standard InChI is InChI=1S/C32H33ClN2O3/c1-21-8-12-23(13-9-21)29(36)20-28-31(37)35(27-18-10-22(2)11-19-27)30(24-14-16-25(33)17-15-24)32(38)34(28)26-6-4-3-5-7-26/h8-19,26,28,30H,3-7,20H2,1-2H3. The quantitative estimate of drug-likeness (QED) is 0.329. The Kier molecular flexibility index (Phi) is 7.66. The summed E-state index contributed by atoms with van der Waals surface area (Å²) < 4.78 is 0. The number of piperazine rings is 1. The molecule has 3 aromatic rings. The summed E-state index contributed by atoms with van der Waals surface area (Å²) in [5, 5.41) is 0.566. The molecule has 3 aromatic carbocycles. The van der Waals surface area contributed by atoms with Crippen LogP contribution in [0.4, 0.5) is 5.69 Å². The molecular formula is C32H33ClN2O3. The number of amides is 2. The number of hydrogen-bond donors (Lipinski definition) is 0. The Morgan fingerprint density at radius 1 is 0.789 bits per heavy atom. The minimum Gasteiger partial charge on any atom is -0.325 e. The van der Waals surface area contributed by atoms with Crippen LogP contribution >= 0.6 is 11.6 Å². The maximum absolute atomic E-state index is 14.5. The molecule has 1 saturated carbocycles. The van der Waals surface area contributed by atoms with Crippen molar-refractivity contribution < 1.29 is 14.4 Å². The first-order chi connectivity index (χ1) is 18.3. The van der Waals surface area contributed by atoms with Gasteiger partial charge in [0.15, 0.2) is 5.78 Å². The van der Waals surface area contributed by atoms with Crippen molar-refractivity contribution in [3.8, 4) is 0 Å². The van der Waals surface area contributed by atoms with Gasteiger partial charge in [-0.1, -0.05) is 90.5 Å². The molecule has 1 saturated heterocycles. The van der Waals surface area contributed by atoms with Crippen molar-refractivity contribution in [2.75, 3.05) is 4.90 Å². The van der Waals surface area contributed by atoms with Gasteiger partial charge >= 0.3 is 0 Å². The van der Waals surface area contributed by atoms with Crippen molar-refractivity contribution in [1.29, 1.82) is 0 Å². The zero-order valence-electron chi connectivity index (χ0n) is 21.9. The van der Waals surface area contributed by atoms with E-state index >= 15 is 0 Å². The predicted molar refractivity (Wildman–Crippen MR) is 150 cm³/mol. The van der Waals surface area contributed by atoms with Gasteiger partial charge in [0.2, 0.25) is 0 Å². The third-order valence-electron chi connectivity index (χ3n) is 7.82. The lowest BCUT2D eigenvalue weighted by atomic mass is 9.87. The molecule has 2 atom stereocenters. The maximum atomic E-state index is 14.5. The summed E-state index contributed by atoms with van der Waals surface area (Å²) in [6.45, 7) is 3.95. The average Bonchev–Trinajstić information content (AvgIpc) is 2.92. The number of Topliss-reactive ketones (excluding diaryl/α,β-unsaturated/α-hetero) is 1. The van der Waals surface area contributed by atoms with Crippen LogP contribution in [0, 0.1) is 13.8 Å². The largest absolute Gasteiger partial charge is 0.325 e. The van der Waals surface area contributed by atoms with E-state index in [9.17, 15) is 14.4 Å². The fourth-order valence-electron chi connectivity index (χ4n) is 5.74. The second-order valence-electron chi connectivity index (χ2n) is 10.5. The van der Waals surface area contributed by atoms with Gasteiger partial charge in [0, 0.05) is 28.7 Å². The van der Waals surface area contributed by atoms with Crippen molar-refractivity contribution in [2.45, 2.75) is 70.5 Å². The number of nitrogens with zero attached hydrogens (tertiary/aromatic N) is 2. The summed E-state index contributed by atoms with van der Waals surface area (Å²) in [7, 11) is 0. The molecule has 1 aliphatic heterocycles. The Morgan fingerprint density at radius 2 is 1.37 bits per heavy atom. The van der Waals surface area contributed by atoms with Crippen molar-refractivity contribution in [3.63, 3.8) is 0 Å². The summed E-state index contributed by atoms with van der Waals surface area (Å²) in [5.41, 5.74) is 4.02. The van der Waals surface area contributed by atoms with Crippen LogP contribution in [0.5, 0.6) is 0 Å². The molecular weight excluding hydrogens is 496 g/mol. The van der Waals surface area contributed by atoms with Gasteiger partial charge in [-0.15, -0.1) is 0 Å². The number of aryl methyl sites for hydroxylation is 2. The van der Waals surface area contributed by atoms with Crippen molar-refractivity contribution in [1.82, 2.24) is 4.90 Å². The maximum Gasteiger partial charge on any atom is 0.251 e. The molecule has 0 aromatic heterocycles. The number of carbonyl (C=O) groups excluding carboxylic acids is 3. The minimum atomic E-state index is -0.857. The van der Waals surface area contributed by atoms with E-state index in [1.165, 1.54) is 0 Å². The van der Waals surface area contributed by atoms with Gasteiger partial charge < -0.3 is 4.90 Å². The van der Waals surface area contributed by atoms with Gasteiger partial charge in [0.05, 0.1) is 0 Å². The number of rotatable bonds is 6. The van der Waals surface area contributed by atoms with Crippen molar-refractivity contribution in [2.24, 2.45) is 0 Å². The summed E-state index contributed by atoms with van der Waals surface area (Å²) in [4.78, 5) is 45.7. The van der Waals surface area contributed by atoms with Crippen molar-refractivity contribution in [3.05, 3.63) is 100 Å². The summed E-state index contributed by atoms with van der Waals surface area (Å²) >= 11 is 6.17. The number of halogens is 1. The van der Waals surface area contributed by atoms with Gasteiger partial charge in [0.25, 0.3) is 11.8 Å². The first-order valence-electron chi connectivity index (χ1n) is 13.4. The van der Waals surface area contributed by atoms with E-state index in [4.69, 9.17) is 11.6 Å². The van der Waals surface area contributed by atoms with E-state index in [0.717, 1.165) is 43.2 Å². The SMILES string of the molecule is Cc1ccc(C(=O)CC2C(=O)N(c3ccc(C)cc3)C(c3ccc(Cl)cc3)C(=O)N2C2CCCCC2)cc1. The number of benzene rings is 3. The molecule has 5 nitrogen and oxygen atoms in total. The van der Waals surface area contributed by atoms with E-state index in [1.54, 1.807) is 34.1 Å². The highest BCUT2D eigenvalue weighted by Gasteiger charge is 2.50. The Morgan fingerprint density at radius 3 is 1.97 bits per heavy atom. The second kappa shape index (κ2) is 11.1. The third-order valence-corrected chi connectivity index (χ3v) is 8.08. The van der Waals surface area contributed by atoms with Crippen LogP contribution in [0.25, 0.3) is 0 Å². The number of anilines is 1. The normalized spacial score (nSPS) is 20.6. The molecule has 5 rings (SSSR count). The van der Waals surface area contributed by atoms with Crippen LogP contribution in [-0.4, -0.2) is 34.6 Å². The Labute approximate surface area is 229 Å². The third kappa shape index (κ3) is 5.25. The smallest absolute Gasteiger partial charge is 0.251 e. The van der Waals surface area contributed by atoms with E-state index in [1.807, 2.05) is 62.4 Å². The molecule has 0 bridgehead atoms. The molecule has 6 heteroatoms. The van der Waals surface area contributed by atoms with Crippen molar-refractivity contribution >= 4 is 34.9 Å². The topological polar surface area (TPSA) is 57.7 Å². The van der Waals surface area contributed by atoms with Crippen LogP contribution in [0.15, 0.2) is 72.8 Å². The van der Waals surface area contributed by atoms with Gasteiger partial charge in [-0.3, -0.25) is 19.3 Å². The van der Waals surface area contributed by atoms with Gasteiger partial charge in [-0.05, 0) is 56.5 Å². The van der Waals surface area contributed by atoms with Crippen LogP contribution in [0.3, 0.4) is 0 Å². The molecule has 2 amide bonds. The summed E-state index contributed by atoms with van der Waals surface area (Å²) in [6.07, 6.45) is 4.77. The second-order valence-corrected chi connectivity index (χ2v) is 11.0. The van der Waals surface area contributed by atoms with E-state index in [2.05, 4.69) is 0 Å². The fourth-order valence-corrected chi connectivity index (χ4v) is 5.87. The zero-order chi connectivity index (χ0) is 26.8. The minimum absolute atomic E-state index is 0.0418. The molecule has 2 aliphatic rings. The monoisotopic (exact) mass is 528 g/mol. The van der Waals surface area contributed by atoms with E-state index in [0.29, 0.717) is 21.8 Å². The lowest BCUT2D eigenvalue weighted by Crippen LogP contribution is -2.64. The molecule has 1 heterocycles. The van der Waals surface area contributed by atoms with E-state index in [-0.39, 0.29) is 30.1 Å². The Hall–Kier alpha value is -3.44. The molecule has 0 N–H and O–H groups in total. The Bertz CT molecular complexity index is 1310. The van der Waals surface area contributed by atoms with Crippen LogP contribution in [0.2, 0.25) is 5.02 Å². The molecule has 2 fully saturated rings. The van der Waals surface area contributed by atoms with E-state index < -0.39 is 12.1 Å². The summed E-state index contributed by atoms with van der Waals surface area (Å²) in [5.74, 6) is -0.494. The molecule has 0 radical (unpaired) electrons. The predicted octanol–water partition coefficient (Wildman–Crippen LogP) is 6.85. The van der Waals surface area contributed by atoms with Gasteiger partial charge in [-0.25, -0.2) is 0 Å². The Balaban J connectivity index is 1.59.